The molecular formula is C42H58N6O11. The van der Waals surface area contributed by atoms with Gasteiger partial charge < -0.3 is 55.7 Å². The van der Waals surface area contributed by atoms with Gasteiger partial charge >= 0.3 is 11.8 Å². The van der Waals surface area contributed by atoms with E-state index in [4.69, 9.17) is 24.7 Å². The number of benzene rings is 2. The fraction of sp³-hybridized carbons (Fsp3) is 0.524. The van der Waals surface area contributed by atoms with E-state index in [0.717, 1.165) is 0 Å². The van der Waals surface area contributed by atoms with Crippen molar-refractivity contribution in [2.75, 3.05) is 32.6 Å². The molecule has 0 spiro atoms. The van der Waals surface area contributed by atoms with Gasteiger partial charge in [0.1, 0.15) is 17.6 Å². The number of Topliss-reactive ketones (excluding diaryl/α,β-unsaturated/α-hetero) is 1. The maximum Gasteiger partial charge on any atom is 0.312 e. The first-order valence-corrected chi connectivity index (χ1v) is 19.5. The molecule has 1 amide bonds. The lowest BCUT2D eigenvalue weighted by atomic mass is 9.78. The number of hydrogen-bond acceptors (Lipinski definition) is 14. The highest BCUT2D eigenvalue weighted by molar-refractivity contribution is 6.22. The van der Waals surface area contributed by atoms with Crippen molar-refractivity contribution in [2.24, 2.45) is 44.6 Å². The Morgan fingerprint density at radius 3 is 2.37 bits per heavy atom. The molecule has 322 valence electrons. The van der Waals surface area contributed by atoms with Gasteiger partial charge in [0.15, 0.2) is 5.75 Å². The number of aliphatic hydroxyl groups is 2. The lowest BCUT2D eigenvalue weighted by Gasteiger charge is -2.38. The lowest BCUT2D eigenvalue weighted by Crippen LogP contribution is -2.46. The number of ether oxygens (including phenoxy) is 4. The Balaban J connectivity index is 1.95. The number of allylic oxidation sites excluding steroid dienone is 2. The number of guanidine groups is 1. The number of aliphatic imine (C=N–C) groups is 1. The molecule has 17 heteroatoms. The molecule has 2 aromatic rings. The number of nitrogens with two attached hydrogens (primary N) is 1. The van der Waals surface area contributed by atoms with Crippen LogP contribution in [0.1, 0.15) is 70.8 Å². The minimum Gasteiger partial charge on any atom is -0.507 e. The van der Waals surface area contributed by atoms with E-state index in [2.05, 4.69) is 25.9 Å². The van der Waals surface area contributed by atoms with Crippen LogP contribution in [0.25, 0.3) is 10.8 Å². The van der Waals surface area contributed by atoms with Gasteiger partial charge in [-0.3, -0.25) is 19.4 Å². The number of methoxy groups -OCH3 is 1. The van der Waals surface area contributed by atoms with Crippen molar-refractivity contribution in [3.05, 3.63) is 53.3 Å². The van der Waals surface area contributed by atoms with Gasteiger partial charge in [0.25, 0.3) is 11.7 Å². The Bertz CT molecular complexity index is 2060. The Labute approximate surface area is 344 Å². The van der Waals surface area contributed by atoms with Gasteiger partial charge in [-0.25, -0.2) is 0 Å². The van der Waals surface area contributed by atoms with Crippen molar-refractivity contribution in [1.82, 2.24) is 5.32 Å². The van der Waals surface area contributed by atoms with Crippen LogP contribution < -0.4 is 21.1 Å². The van der Waals surface area contributed by atoms with Crippen molar-refractivity contribution in [1.29, 1.82) is 0 Å². The van der Waals surface area contributed by atoms with Gasteiger partial charge in [0.2, 0.25) is 5.96 Å². The third-order valence-corrected chi connectivity index (χ3v) is 11.0. The Kier molecular flexibility index (Phi) is 15.4. The minimum atomic E-state index is -2.01. The highest BCUT2D eigenvalue weighted by Gasteiger charge is 2.49. The molecular weight excluding hydrogens is 764 g/mol. The molecule has 3 aliphatic rings. The molecule has 0 radical (unpaired) electrons. The molecule has 2 aromatic carbocycles. The van der Waals surface area contributed by atoms with Gasteiger partial charge in [0, 0.05) is 67.7 Å². The largest absolute Gasteiger partial charge is 0.507 e. The molecule has 0 fully saturated rings. The molecule has 5 bridgehead atoms. The van der Waals surface area contributed by atoms with Crippen LogP contribution in [0.3, 0.4) is 0 Å². The summed E-state index contributed by atoms with van der Waals surface area (Å²) < 4.78 is 23.6. The number of anilines is 1. The van der Waals surface area contributed by atoms with E-state index < -0.39 is 83.0 Å². The molecule has 9 atom stereocenters. The molecule has 5 rings (SSSR count). The lowest BCUT2D eigenvalue weighted by molar-refractivity contribution is -0.160. The SMILES string of the molecule is CNCCCN=C(N)N=Nc1cc2c(O)c3c(O)c(C)c4c(c13)C(=O)C(C)(O/C=C\C(OC)C(C)C(OC(C)=O)C(C)C(O)C(C)C(O)C(C)/C=C\C=C(\C)C(=O)N2)O4. The van der Waals surface area contributed by atoms with E-state index >= 15 is 0 Å². The van der Waals surface area contributed by atoms with Crippen LogP contribution in [0, 0.1) is 30.6 Å². The number of phenolic OH excluding ortho intramolecular Hbond substituents is 2. The summed E-state index contributed by atoms with van der Waals surface area (Å²) in [5, 5.41) is 59.8. The average Bonchev–Trinajstić information content (AvgIpc) is 3.46. The van der Waals surface area contributed by atoms with Crippen LogP contribution in [0.4, 0.5) is 11.4 Å². The van der Waals surface area contributed by atoms with E-state index in [1.54, 1.807) is 46.9 Å². The van der Waals surface area contributed by atoms with Crippen LogP contribution >= 0.6 is 0 Å². The first kappa shape index (κ1) is 46.3. The van der Waals surface area contributed by atoms with Gasteiger partial charge in [-0.2, -0.15) is 0 Å². The number of carbonyl (C=O) groups is 3. The van der Waals surface area contributed by atoms with Crippen LogP contribution in [-0.4, -0.2) is 101 Å². The molecule has 59 heavy (non-hydrogen) atoms. The highest BCUT2D eigenvalue weighted by Crippen LogP contribution is 2.54. The number of esters is 1. The van der Waals surface area contributed by atoms with Crippen LogP contribution in [0.15, 0.2) is 57.4 Å². The number of phenols is 2. The maximum atomic E-state index is 14.5. The summed E-state index contributed by atoms with van der Waals surface area (Å²) in [6.07, 6.45) is 4.30. The van der Waals surface area contributed by atoms with E-state index in [-0.39, 0.29) is 50.6 Å². The summed E-state index contributed by atoms with van der Waals surface area (Å²) in [6, 6.07) is 1.28. The van der Waals surface area contributed by atoms with E-state index in [1.807, 2.05) is 0 Å². The molecule has 8 N–H and O–H groups in total. The second kappa shape index (κ2) is 19.6. The number of rotatable bonds is 7. The Hall–Kier alpha value is -5.36. The van der Waals surface area contributed by atoms with Crippen LogP contribution in [-0.2, 0) is 23.8 Å². The number of ketones is 1. The van der Waals surface area contributed by atoms with E-state index in [1.165, 1.54) is 59.3 Å². The number of nitrogens with one attached hydrogen (secondary N) is 2. The summed E-state index contributed by atoms with van der Waals surface area (Å²) in [5.41, 5.74) is 6.01. The van der Waals surface area contributed by atoms with Crippen molar-refractivity contribution in [3.63, 3.8) is 0 Å². The number of nitrogens with zero attached hydrogens (tertiary/aromatic N) is 3. The third-order valence-electron chi connectivity index (χ3n) is 11.0. The van der Waals surface area contributed by atoms with Crippen molar-refractivity contribution in [3.8, 4) is 17.2 Å². The fourth-order valence-electron chi connectivity index (χ4n) is 7.32. The van der Waals surface area contributed by atoms with E-state index in [0.29, 0.717) is 19.5 Å². The summed E-state index contributed by atoms with van der Waals surface area (Å²) in [4.78, 5) is 44.5. The Morgan fingerprint density at radius 2 is 1.73 bits per heavy atom. The predicted octanol–water partition coefficient (Wildman–Crippen LogP) is 5.06. The van der Waals surface area contributed by atoms with Crippen molar-refractivity contribution < 1.29 is 53.8 Å². The summed E-state index contributed by atoms with van der Waals surface area (Å²) in [6.45, 7) is 13.6. The summed E-state index contributed by atoms with van der Waals surface area (Å²) in [5.74, 6) is -7.65. The molecule has 9 unspecified atom stereocenters. The summed E-state index contributed by atoms with van der Waals surface area (Å²) >= 11 is 0. The molecule has 3 heterocycles. The Morgan fingerprint density at radius 1 is 1.03 bits per heavy atom. The molecule has 0 saturated heterocycles. The molecule has 0 saturated carbocycles. The van der Waals surface area contributed by atoms with E-state index in [9.17, 15) is 34.8 Å². The quantitative estimate of drug-likeness (QED) is 0.0482. The van der Waals surface area contributed by atoms with Gasteiger partial charge in [-0.1, -0.05) is 45.9 Å². The third kappa shape index (κ3) is 10.1. The first-order chi connectivity index (χ1) is 27.8. The minimum absolute atomic E-state index is 0.0479. The normalized spacial score (nSPS) is 30.4. The topological polar surface area (TPSA) is 256 Å². The average molecular weight is 823 g/mol. The highest BCUT2D eigenvalue weighted by atomic mass is 16.7. The van der Waals surface area contributed by atoms with Gasteiger partial charge in [-0.15, -0.1) is 10.2 Å². The molecule has 0 aromatic heterocycles. The predicted molar refractivity (Wildman–Crippen MR) is 222 cm³/mol. The number of azo groups is 1. The second-order valence-corrected chi connectivity index (χ2v) is 15.3. The number of aliphatic hydroxyl groups excluding tert-OH is 2. The standard InChI is InChI=1S/C42H58N6O11/c1-20-13-11-14-21(2)40(55)46-28-19-27(47-48-41(43)45-17-12-16-44-9)30-31(36(28)53)35(52)25(6)38-32(30)39(54)42(8,59-38)57-18-15-29(56-10)22(3)37(58-26(7)49)24(5)34(51)23(4)33(20)50/h11,13-15,18-20,22-24,29,33-34,37,44,50-53H,12,16-17H2,1-10H3,(H2,43,45)(H,46,55)/b13-11-,18-15-,21-14-,48-47?. The summed E-state index contributed by atoms with van der Waals surface area (Å²) in [7, 11) is 3.25. The van der Waals surface area contributed by atoms with Crippen molar-refractivity contribution >= 4 is 45.8 Å². The second-order valence-electron chi connectivity index (χ2n) is 15.3. The molecule has 17 nitrogen and oxygen atoms in total. The maximum absolute atomic E-state index is 14.5. The zero-order chi connectivity index (χ0) is 43.9. The smallest absolute Gasteiger partial charge is 0.312 e. The number of carbonyl (C=O) groups excluding carboxylic acids is 3. The number of hydrogen-bond donors (Lipinski definition) is 7. The van der Waals surface area contributed by atoms with Crippen molar-refractivity contribution in [2.45, 2.75) is 92.0 Å². The monoisotopic (exact) mass is 822 g/mol. The molecule has 0 aliphatic carbocycles. The van der Waals surface area contributed by atoms with Gasteiger partial charge in [0.05, 0.1) is 46.9 Å². The fourth-order valence-corrected chi connectivity index (χ4v) is 7.32. The number of fused-ring (bicyclic) bond motifs is 14. The number of aromatic hydroxyl groups is 2. The van der Waals surface area contributed by atoms with Gasteiger partial charge in [-0.05, 0) is 46.0 Å². The zero-order valence-electron chi connectivity index (χ0n) is 35.3. The number of amides is 1. The van der Waals surface area contributed by atoms with Crippen LogP contribution in [0.2, 0.25) is 0 Å². The molecule has 3 aliphatic heterocycles. The zero-order valence-corrected chi connectivity index (χ0v) is 35.3. The first-order valence-electron chi connectivity index (χ1n) is 19.5. The van der Waals surface area contributed by atoms with Crippen LogP contribution in [0.5, 0.6) is 17.2 Å².